The summed E-state index contributed by atoms with van der Waals surface area (Å²) in [7, 11) is 0. The van der Waals surface area contributed by atoms with Crippen LogP contribution in [-0.4, -0.2) is 43.0 Å². The van der Waals surface area contributed by atoms with Crippen LogP contribution < -0.4 is 10.6 Å². The first-order valence-corrected chi connectivity index (χ1v) is 6.43. The summed E-state index contributed by atoms with van der Waals surface area (Å²) in [6, 6.07) is 8.83. The maximum atomic E-state index is 11.6. The normalized spacial score (nSPS) is 20.1. The first kappa shape index (κ1) is 12.9. The predicted molar refractivity (Wildman–Crippen MR) is 73.6 cm³/mol. The summed E-state index contributed by atoms with van der Waals surface area (Å²) < 4.78 is 0. The van der Waals surface area contributed by atoms with E-state index in [2.05, 4.69) is 43.0 Å². The zero-order valence-electron chi connectivity index (χ0n) is 11.1. The summed E-state index contributed by atoms with van der Waals surface area (Å²) in [4.78, 5) is 15.8. The highest BCUT2D eigenvalue weighted by atomic mass is 16.2. The lowest BCUT2D eigenvalue weighted by atomic mass is 10.1. The van der Waals surface area contributed by atoms with Crippen molar-refractivity contribution in [1.29, 1.82) is 0 Å². The van der Waals surface area contributed by atoms with Crippen LogP contribution in [0, 0.1) is 6.92 Å². The van der Waals surface area contributed by atoms with Crippen molar-refractivity contribution in [3.05, 3.63) is 29.8 Å². The van der Waals surface area contributed by atoms with E-state index in [4.69, 9.17) is 5.73 Å². The molecule has 1 aromatic carbocycles. The Kier molecular flexibility index (Phi) is 3.87. The van der Waals surface area contributed by atoms with E-state index in [1.165, 1.54) is 11.3 Å². The van der Waals surface area contributed by atoms with E-state index in [0.29, 0.717) is 6.04 Å². The molecule has 1 unspecified atom stereocenters. The van der Waals surface area contributed by atoms with Crippen molar-refractivity contribution in [2.45, 2.75) is 19.9 Å². The largest absolute Gasteiger partial charge is 0.365 e. The Hall–Kier alpha value is -1.55. The molecule has 4 heteroatoms. The maximum absolute atomic E-state index is 11.6. The van der Waals surface area contributed by atoms with Crippen molar-refractivity contribution >= 4 is 11.6 Å². The molecule has 0 saturated carbocycles. The van der Waals surface area contributed by atoms with E-state index in [9.17, 15) is 4.79 Å². The minimum absolute atomic E-state index is 0.0470. The van der Waals surface area contributed by atoms with Crippen molar-refractivity contribution in [3.63, 3.8) is 0 Å². The first-order chi connectivity index (χ1) is 8.61. The van der Waals surface area contributed by atoms with Crippen LogP contribution in [0.1, 0.15) is 12.5 Å². The number of carbonyl (C=O) groups excluding carboxylic acids is 1. The van der Waals surface area contributed by atoms with E-state index in [1.807, 2.05) is 4.90 Å². The minimum atomic E-state index is 0.0470. The Labute approximate surface area is 108 Å². The molecule has 0 bridgehead atoms. The number of aryl methyl sites for hydroxylation is 1. The fourth-order valence-corrected chi connectivity index (χ4v) is 2.50. The molecule has 0 radical (unpaired) electrons. The van der Waals surface area contributed by atoms with Crippen LogP contribution in [0.15, 0.2) is 24.3 Å². The third-order valence-electron chi connectivity index (χ3n) is 3.49. The Bertz CT molecular complexity index is 433. The number of piperazine rings is 1. The quantitative estimate of drug-likeness (QED) is 0.848. The number of amides is 1. The maximum Gasteiger partial charge on any atom is 0.236 e. The van der Waals surface area contributed by atoms with E-state index in [-0.39, 0.29) is 12.5 Å². The number of anilines is 1. The van der Waals surface area contributed by atoms with Gasteiger partial charge < -0.3 is 15.5 Å². The molecule has 1 fully saturated rings. The van der Waals surface area contributed by atoms with Crippen molar-refractivity contribution in [3.8, 4) is 0 Å². The molecule has 1 aliphatic rings. The second-order valence-corrected chi connectivity index (χ2v) is 4.93. The Morgan fingerprint density at radius 2 is 2.22 bits per heavy atom. The van der Waals surface area contributed by atoms with Gasteiger partial charge in [-0.1, -0.05) is 12.1 Å². The minimum Gasteiger partial charge on any atom is -0.365 e. The number of hydrogen-bond donors (Lipinski definition) is 1. The van der Waals surface area contributed by atoms with Gasteiger partial charge in [-0.05, 0) is 31.5 Å². The summed E-state index contributed by atoms with van der Waals surface area (Å²) in [5.74, 6) is 0.0470. The summed E-state index contributed by atoms with van der Waals surface area (Å²) in [5, 5.41) is 0. The van der Waals surface area contributed by atoms with Gasteiger partial charge in [-0.25, -0.2) is 0 Å². The molecule has 1 heterocycles. The Balaban J connectivity index is 2.08. The lowest BCUT2D eigenvalue weighted by Gasteiger charge is -2.41. The number of hydrogen-bond acceptors (Lipinski definition) is 3. The zero-order chi connectivity index (χ0) is 13.1. The molecule has 2 N–H and O–H groups in total. The van der Waals surface area contributed by atoms with Crippen molar-refractivity contribution < 1.29 is 4.79 Å². The Morgan fingerprint density at radius 1 is 1.44 bits per heavy atom. The second-order valence-electron chi connectivity index (χ2n) is 4.93. The smallest absolute Gasteiger partial charge is 0.236 e. The number of nitrogens with zero attached hydrogens (tertiary/aromatic N) is 2. The number of carbonyl (C=O) groups is 1. The standard InChI is InChI=1S/C14H21N3O/c1-11-4-3-5-13(8-11)17-7-6-16(10-12(17)2)14(18)9-15/h3-5,8,12H,6-7,9-10,15H2,1-2H3. The van der Waals surface area contributed by atoms with E-state index >= 15 is 0 Å². The second kappa shape index (κ2) is 5.40. The first-order valence-electron chi connectivity index (χ1n) is 6.43. The van der Waals surface area contributed by atoms with Gasteiger partial charge >= 0.3 is 0 Å². The summed E-state index contributed by atoms with van der Waals surface area (Å²) in [6.45, 7) is 6.74. The number of nitrogens with two attached hydrogens (primary N) is 1. The molecule has 1 aromatic rings. The van der Waals surface area contributed by atoms with Gasteiger partial charge in [-0.3, -0.25) is 4.79 Å². The third kappa shape index (κ3) is 2.64. The zero-order valence-corrected chi connectivity index (χ0v) is 11.1. The highest BCUT2D eigenvalue weighted by Crippen LogP contribution is 2.21. The van der Waals surface area contributed by atoms with Gasteiger partial charge in [-0.15, -0.1) is 0 Å². The van der Waals surface area contributed by atoms with Gasteiger partial charge in [0.15, 0.2) is 0 Å². The fourth-order valence-electron chi connectivity index (χ4n) is 2.50. The Morgan fingerprint density at radius 3 is 2.83 bits per heavy atom. The van der Waals surface area contributed by atoms with Gasteiger partial charge in [0.1, 0.15) is 0 Å². The molecular formula is C14H21N3O. The highest BCUT2D eigenvalue weighted by Gasteiger charge is 2.26. The van der Waals surface area contributed by atoms with Gasteiger partial charge in [0, 0.05) is 31.4 Å². The van der Waals surface area contributed by atoms with Crippen LogP contribution in [0.2, 0.25) is 0 Å². The molecular weight excluding hydrogens is 226 g/mol. The lowest BCUT2D eigenvalue weighted by Crippen LogP contribution is -2.54. The summed E-state index contributed by atoms with van der Waals surface area (Å²) >= 11 is 0. The van der Waals surface area contributed by atoms with Crippen molar-refractivity contribution in [2.75, 3.05) is 31.1 Å². The van der Waals surface area contributed by atoms with Gasteiger partial charge in [0.2, 0.25) is 5.91 Å². The van der Waals surface area contributed by atoms with Gasteiger partial charge in [0.25, 0.3) is 0 Å². The van der Waals surface area contributed by atoms with E-state index in [0.717, 1.165) is 19.6 Å². The molecule has 0 aliphatic carbocycles. The molecule has 0 spiro atoms. The SMILES string of the molecule is Cc1cccc(N2CCN(C(=O)CN)CC2C)c1. The average Bonchev–Trinajstić information content (AvgIpc) is 2.37. The monoisotopic (exact) mass is 247 g/mol. The highest BCUT2D eigenvalue weighted by molar-refractivity contribution is 5.78. The van der Waals surface area contributed by atoms with Crippen molar-refractivity contribution in [1.82, 2.24) is 4.90 Å². The molecule has 2 rings (SSSR count). The summed E-state index contributed by atoms with van der Waals surface area (Å²) in [6.07, 6.45) is 0. The molecule has 18 heavy (non-hydrogen) atoms. The van der Waals surface area contributed by atoms with E-state index < -0.39 is 0 Å². The molecule has 98 valence electrons. The van der Waals surface area contributed by atoms with Crippen molar-refractivity contribution in [2.24, 2.45) is 5.73 Å². The van der Waals surface area contributed by atoms with Crippen LogP contribution in [-0.2, 0) is 4.79 Å². The average molecular weight is 247 g/mol. The van der Waals surface area contributed by atoms with E-state index in [1.54, 1.807) is 0 Å². The topological polar surface area (TPSA) is 49.6 Å². The van der Waals surface area contributed by atoms with Crippen LogP contribution in [0.3, 0.4) is 0 Å². The van der Waals surface area contributed by atoms with Crippen LogP contribution in [0.5, 0.6) is 0 Å². The molecule has 1 amide bonds. The van der Waals surface area contributed by atoms with Crippen LogP contribution in [0.4, 0.5) is 5.69 Å². The van der Waals surface area contributed by atoms with Crippen LogP contribution in [0.25, 0.3) is 0 Å². The molecule has 1 saturated heterocycles. The molecule has 1 atom stereocenters. The number of rotatable bonds is 2. The number of benzene rings is 1. The van der Waals surface area contributed by atoms with Gasteiger partial charge in [-0.2, -0.15) is 0 Å². The fraction of sp³-hybridized carbons (Fsp3) is 0.500. The summed E-state index contributed by atoms with van der Waals surface area (Å²) in [5.41, 5.74) is 7.91. The predicted octanol–water partition coefficient (Wildman–Crippen LogP) is 0.991. The lowest BCUT2D eigenvalue weighted by molar-refractivity contribution is -0.130. The van der Waals surface area contributed by atoms with Gasteiger partial charge in [0.05, 0.1) is 6.54 Å². The third-order valence-corrected chi connectivity index (χ3v) is 3.49. The molecule has 0 aromatic heterocycles. The molecule has 1 aliphatic heterocycles. The molecule has 4 nitrogen and oxygen atoms in total. The van der Waals surface area contributed by atoms with Crippen LogP contribution >= 0.6 is 0 Å².